The predicted octanol–water partition coefficient (Wildman–Crippen LogP) is 6.94. The van der Waals surface area contributed by atoms with Crippen LogP contribution in [0.4, 0.5) is 11.4 Å². The first-order valence-corrected chi connectivity index (χ1v) is 12.9. The van der Waals surface area contributed by atoms with Crippen LogP contribution in [0.3, 0.4) is 0 Å². The second-order valence-electron chi connectivity index (χ2n) is 9.41. The van der Waals surface area contributed by atoms with E-state index in [1.165, 1.54) is 16.9 Å². The lowest BCUT2D eigenvalue weighted by Gasteiger charge is -2.29. The molecule has 0 spiro atoms. The van der Waals surface area contributed by atoms with Gasteiger partial charge in [0.25, 0.3) is 0 Å². The van der Waals surface area contributed by atoms with Crippen LogP contribution in [0.5, 0.6) is 0 Å². The first-order chi connectivity index (χ1) is 14.1. The van der Waals surface area contributed by atoms with E-state index in [0.717, 1.165) is 38.5 Å². The second kappa shape index (κ2) is 11.0. The van der Waals surface area contributed by atoms with Gasteiger partial charge in [0.2, 0.25) is 0 Å². The molecule has 2 aromatic rings. The summed E-state index contributed by atoms with van der Waals surface area (Å²) >= 11 is 0. The Morgan fingerprint density at radius 1 is 0.767 bits per heavy atom. The average Bonchev–Trinajstić information content (AvgIpc) is 2.68. The first-order valence-electron chi connectivity index (χ1n) is 11.3. The molecular formula is C26H39NO2S. The van der Waals surface area contributed by atoms with Crippen LogP contribution in [0.25, 0.3) is 0 Å². The molecule has 2 rings (SSSR count). The molecule has 0 saturated heterocycles. The highest BCUT2D eigenvalue weighted by Crippen LogP contribution is 2.28. The Balaban J connectivity index is 1.76. The van der Waals surface area contributed by atoms with Gasteiger partial charge in [-0.05, 0) is 83.7 Å². The standard InChI is InChI=1S/C26H39NO2S/c1-22(2)27(24-15-11-9-12-16-24)25-19-17-23(18-20-25)14-10-7-6-8-13-21-30(28,29)26(3,4)5/h9,11-12,15-20,22H,6-8,10,13-14,21H2,1-5H3. The number of benzene rings is 2. The van der Waals surface area contributed by atoms with Crippen molar-refractivity contribution in [2.75, 3.05) is 10.7 Å². The summed E-state index contributed by atoms with van der Waals surface area (Å²) in [5, 5.41) is 0. The van der Waals surface area contributed by atoms with E-state index in [0.29, 0.717) is 11.8 Å². The van der Waals surface area contributed by atoms with Crippen LogP contribution in [0.1, 0.15) is 72.3 Å². The molecule has 30 heavy (non-hydrogen) atoms. The molecule has 0 fully saturated rings. The summed E-state index contributed by atoms with van der Waals surface area (Å²) in [6.45, 7) is 9.79. The van der Waals surface area contributed by atoms with E-state index in [4.69, 9.17) is 0 Å². The predicted molar refractivity (Wildman–Crippen MR) is 130 cm³/mol. The minimum Gasteiger partial charge on any atom is -0.339 e. The van der Waals surface area contributed by atoms with E-state index in [1.54, 1.807) is 20.8 Å². The first kappa shape index (κ1) is 24.5. The number of hydrogen-bond donors (Lipinski definition) is 0. The van der Waals surface area contributed by atoms with Crippen LogP contribution in [0, 0.1) is 0 Å². The van der Waals surface area contributed by atoms with Gasteiger partial charge in [-0.1, -0.05) is 49.6 Å². The van der Waals surface area contributed by atoms with E-state index in [2.05, 4.69) is 73.3 Å². The molecule has 3 nitrogen and oxygen atoms in total. The topological polar surface area (TPSA) is 37.4 Å². The zero-order valence-corrected chi connectivity index (χ0v) is 20.2. The summed E-state index contributed by atoms with van der Waals surface area (Å²) in [6, 6.07) is 19.8. The molecule has 0 radical (unpaired) electrons. The third-order valence-corrected chi connectivity index (χ3v) is 8.27. The highest BCUT2D eigenvalue weighted by atomic mass is 32.2. The van der Waals surface area contributed by atoms with Gasteiger partial charge in [0.1, 0.15) is 0 Å². The lowest BCUT2D eigenvalue weighted by Crippen LogP contribution is -2.30. The Bertz CT molecular complexity index is 850. The van der Waals surface area contributed by atoms with E-state index in [-0.39, 0.29) is 0 Å². The van der Waals surface area contributed by atoms with Crippen LogP contribution in [0.15, 0.2) is 54.6 Å². The molecule has 0 bridgehead atoms. The average molecular weight is 430 g/mol. The smallest absolute Gasteiger partial charge is 0.155 e. The third-order valence-electron chi connectivity index (χ3n) is 5.58. The summed E-state index contributed by atoms with van der Waals surface area (Å²) in [6.07, 6.45) is 6.26. The Hall–Kier alpha value is -1.81. The Kier molecular flexibility index (Phi) is 8.96. The quantitative estimate of drug-likeness (QED) is 0.363. The van der Waals surface area contributed by atoms with Gasteiger partial charge < -0.3 is 4.90 Å². The zero-order chi connectivity index (χ0) is 22.2. The van der Waals surface area contributed by atoms with Gasteiger partial charge in [0.05, 0.1) is 10.5 Å². The third kappa shape index (κ3) is 7.16. The maximum absolute atomic E-state index is 12.1. The lowest BCUT2D eigenvalue weighted by molar-refractivity contribution is 0.552. The van der Waals surface area contributed by atoms with Gasteiger partial charge in [0.15, 0.2) is 9.84 Å². The van der Waals surface area contributed by atoms with Crippen LogP contribution in [0.2, 0.25) is 0 Å². The van der Waals surface area contributed by atoms with Crippen molar-refractivity contribution in [3.05, 3.63) is 60.2 Å². The molecule has 0 aliphatic rings. The normalized spacial score (nSPS) is 12.3. The van der Waals surface area contributed by atoms with Crippen molar-refractivity contribution in [1.29, 1.82) is 0 Å². The van der Waals surface area contributed by atoms with Crippen molar-refractivity contribution in [2.45, 2.75) is 83.9 Å². The van der Waals surface area contributed by atoms with Crippen molar-refractivity contribution in [3.8, 4) is 0 Å². The van der Waals surface area contributed by atoms with Crippen molar-refractivity contribution >= 4 is 21.2 Å². The monoisotopic (exact) mass is 429 g/mol. The molecule has 4 heteroatoms. The molecule has 2 aromatic carbocycles. The molecule has 0 heterocycles. The molecular weight excluding hydrogens is 390 g/mol. The van der Waals surface area contributed by atoms with Crippen LogP contribution < -0.4 is 4.90 Å². The van der Waals surface area contributed by atoms with Gasteiger partial charge in [-0.25, -0.2) is 8.42 Å². The summed E-state index contributed by atoms with van der Waals surface area (Å²) < 4.78 is 23.6. The SMILES string of the molecule is CC(C)N(c1ccccc1)c1ccc(CCCCCCCS(=O)(=O)C(C)(C)C)cc1. The molecule has 0 saturated carbocycles. The molecule has 0 atom stereocenters. The van der Waals surface area contributed by atoms with Crippen LogP contribution >= 0.6 is 0 Å². The van der Waals surface area contributed by atoms with Gasteiger partial charge in [-0.2, -0.15) is 0 Å². The number of para-hydroxylation sites is 1. The minimum atomic E-state index is -2.97. The Morgan fingerprint density at radius 2 is 1.30 bits per heavy atom. The van der Waals surface area contributed by atoms with Gasteiger partial charge >= 0.3 is 0 Å². The largest absolute Gasteiger partial charge is 0.339 e. The maximum atomic E-state index is 12.1. The molecule has 0 aliphatic heterocycles. The zero-order valence-electron chi connectivity index (χ0n) is 19.4. The van der Waals surface area contributed by atoms with Crippen LogP contribution in [-0.4, -0.2) is 25.0 Å². The molecule has 0 unspecified atom stereocenters. The molecule has 0 aromatic heterocycles. The molecule has 0 N–H and O–H groups in total. The van der Waals surface area contributed by atoms with Crippen molar-refractivity contribution in [2.24, 2.45) is 0 Å². The molecule has 0 aliphatic carbocycles. The highest BCUT2D eigenvalue weighted by Gasteiger charge is 2.27. The number of nitrogens with zero attached hydrogens (tertiary/aromatic N) is 1. The Labute approximate surface area is 184 Å². The van der Waals surface area contributed by atoms with Crippen molar-refractivity contribution in [1.82, 2.24) is 0 Å². The fourth-order valence-electron chi connectivity index (χ4n) is 3.61. The highest BCUT2D eigenvalue weighted by molar-refractivity contribution is 7.92. The van der Waals surface area contributed by atoms with E-state index in [9.17, 15) is 8.42 Å². The summed E-state index contributed by atoms with van der Waals surface area (Å²) in [7, 11) is -2.97. The fraction of sp³-hybridized carbons (Fsp3) is 0.538. The lowest BCUT2D eigenvalue weighted by atomic mass is 10.0. The molecule has 166 valence electrons. The van der Waals surface area contributed by atoms with Gasteiger partial charge in [-0.15, -0.1) is 0 Å². The number of sulfone groups is 1. The number of anilines is 2. The summed E-state index contributed by atoms with van der Waals surface area (Å²) in [5.41, 5.74) is 3.81. The summed E-state index contributed by atoms with van der Waals surface area (Å²) in [5.74, 6) is 0.311. The van der Waals surface area contributed by atoms with Gasteiger partial charge in [0, 0.05) is 17.4 Å². The number of unbranched alkanes of at least 4 members (excludes halogenated alkanes) is 4. The van der Waals surface area contributed by atoms with E-state index >= 15 is 0 Å². The Morgan fingerprint density at radius 3 is 1.87 bits per heavy atom. The fourth-order valence-corrected chi connectivity index (χ4v) is 4.81. The minimum absolute atomic E-state index is 0.311. The van der Waals surface area contributed by atoms with E-state index in [1.807, 2.05) is 0 Å². The maximum Gasteiger partial charge on any atom is 0.155 e. The number of hydrogen-bond acceptors (Lipinski definition) is 3. The number of rotatable bonds is 11. The van der Waals surface area contributed by atoms with Gasteiger partial charge in [-0.3, -0.25) is 0 Å². The van der Waals surface area contributed by atoms with Crippen LogP contribution in [-0.2, 0) is 16.3 Å². The summed E-state index contributed by atoms with van der Waals surface area (Å²) in [4.78, 5) is 2.36. The molecule has 0 amide bonds. The van der Waals surface area contributed by atoms with Crippen molar-refractivity contribution in [3.63, 3.8) is 0 Å². The van der Waals surface area contributed by atoms with Crippen molar-refractivity contribution < 1.29 is 8.42 Å². The van der Waals surface area contributed by atoms with E-state index < -0.39 is 14.6 Å². The number of aryl methyl sites for hydroxylation is 1. The second-order valence-corrected chi connectivity index (χ2v) is 12.3.